The summed E-state index contributed by atoms with van der Waals surface area (Å²) < 4.78 is 18.9. The third-order valence-electron chi connectivity index (χ3n) is 4.15. The lowest BCUT2D eigenvalue weighted by Gasteiger charge is -2.35. The zero-order valence-corrected chi connectivity index (χ0v) is 14.3. The molecule has 122 valence electrons. The molecule has 0 aliphatic carbocycles. The zero-order chi connectivity index (χ0) is 16.0. The summed E-state index contributed by atoms with van der Waals surface area (Å²) in [5.41, 5.74) is 0.559. The molecule has 1 amide bonds. The minimum Gasteiger partial charge on any atom is -0.384 e. The van der Waals surface area contributed by atoms with Crippen LogP contribution < -0.4 is 10.6 Å². The van der Waals surface area contributed by atoms with Gasteiger partial charge in [0.25, 0.3) is 0 Å². The van der Waals surface area contributed by atoms with E-state index in [1.54, 1.807) is 19.2 Å². The van der Waals surface area contributed by atoms with E-state index in [1.807, 2.05) is 0 Å². The quantitative estimate of drug-likeness (QED) is 0.805. The Morgan fingerprint density at radius 3 is 2.82 bits per heavy atom. The number of ether oxygens (including phenoxy) is 1. The van der Waals surface area contributed by atoms with Crippen LogP contribution in [0.3, 0.4) is 0 Å². The second-order valence-corrected chi connectivity index (χ2v) is 6.57. The van der Waals surface area contributed by atoms with Gasteiger partial charge in [-0.15, -0.1) is 0 Å². The first-order valence-electron chi connectivity index (χ1n) is 7.49. The highest BCUT2D eigenvalue weighted by molar-refractivity contribution is 9.10. The molecule has 0 radical (unpaired) electrons. The molecule has 0 aromatic heterocycles. The SMILES string of the molecule is COCC1(C(=O)NCCc2ccc(F)c(Br)c2)CCNCC1. The van der Waals surface area contributed by atoms with Gasteiger partial charge in [0.05, 0.1) is 16.5 Å². The molecule has 0 spiro atoms. The molecule has 0 bridgehead atoms. The molecule has 4 nitrogen and oxygen atoms in total. The highest BCUT2D eigenvalue weighted by atomic mass is 79.9. The number of hydrogen-bond acceptors (Lipinski definition) is 3. The lowest BCUT2D eigenvalue weighted by Crippen LogP contribution is -2.50. The topological polar surface area (TPSA) is 50.4 Å². The first-order chi connectivity index (χ1) is 10.6. The van der Waals surface area contributed by atoms with E-state index in [2.05, 4.69) is 26.6 Å². The molecular formula is C16H22BrFN2O2. The summed E-state index contributed by atoms with van der Waals surface area (Å²) in [4.78, 5) is 12.5. The Balaban J connectivity index is 1.89. The van der Waals surface area contributed by atoms with Gasteiger partial charge < -0.3 is 15.4 Å². The summed E-state index contributed by atoms with van der Waals surface area (Å²) in [6.45, 7) is 2.65. The maximum absolute atomic E-state index is 13.2. The van der Waals surface area contributed by atoms with E-state index < -0.39 is 5.41 Å². The monoisotopic (exact) mass is 372 g/mol. The van der Waals surface area contributed by atoms with Crippen molar-refractivity contribution in [2.45, 2.75) is 19.3 Å². The Kier molecular flexibility index (Phi) is 6.35. The van der Waals surface area contributed by atoms with Crippen LogP contribution in [-0.2, 0) is 16.0 Å². The van der Waals surface area contributed by atoms with Crippen LogP contribution in [0.5, 0.6) is 0 Å². The number of benzene rings is 1. The van der Waals surface area contributed by atoms with Crippen LogP contribution in [0.15, 0.2) is 22.7 Å². The molecule has 2 rings (SSSR count). The van der Waals surface area contributed by atoms with Gasteiger partial charge in [-0.3, -0.25) is 4.79 Å². The van der Waals surface area contributed by atoms with E-state index in [1.165, 1.54) is 6.07 Å². The van der Waals surface area contributed by atoms with E-state index in [-0.39, 0.29) is 11.7 Å². The predicted molar refractivity (Wildman–Crippen MR) is 87.2 cm³/mol. The zero-order valence-electron chi connectivity index (χ0n) is 12.8. The van der Waals surface area contributed by atoms with Gasteiger partial charge in [0, 0.05) is 13.7 Å². The number of carbonyl (C=O) groups is 1. The summed E-state index contributed by atoms with van der Waals surface area (Å²) >= 11 is 3.17. The fourth-order valence-corrected chi connectivity index (χ4v) is 3.25. The van der Waals surface area contributed by atoms with Crippen molar-refractivity contribution in [2.24, 2.45) is 5.41 Å². The average molecular weight is 373 g/mol. The van der Waals surface area contributed by atoms with Crippen molar-refractivity contribution in [3.05, 3.63) is 34.1 Å². The highest BCUT2D eigenvalue weighted by Crippen LogP contribution is 2.29. The number of methoxy groups -OCH3 is 1. The number of rotatable bonds is 6. The van der Waals surface area contributed by atoms with Crippen LogP contribution >= 0.6 is 15.9 Å². The Hall–Kier alpha value is -0.980. The molecule has 1 fully saturated rings. The van der Waals surface area contributed by atoms with Crippen LogP contribution in [0.4, 0.5) is 4.39 Å². The van der Waals surface area contributed by atoms with Crippen LogP contribution in [-0.4, -0.2) is 39.3 Å². The van der Waals surface area contributed by atoms with Crippen molar-refractivity contribution in [1.82, 2.24) is 10.6 Å². The van der Waals surface area contributed by atoms with E-state index >= 15 is 0 Å². The molecule has 2 N–H and O–H groups in total. The van der Waals surface area contributed by atoms with Gasteiger partial charge in [-0.2, -0.15) is 0 Å². The van der Waals surface area contributed by atoms with Crippen LogP contribution in [0.1, 0.15) is 18.4 Å². The maximum Gasteiger partial charge on any atom is 0.228 e. The largest absolute Gasteiger partial charge is 0.384 e. The maximum atomic E-state index is 13.2. The van der Waals surface area contributed by atoms with Crippen molar-refractivity contribution in [1.29, 1.82) is 0 Å². The molecule has 0 atom stereocenters. The number of hydrogen-bond donors (Lipinski definition) is 2. The second kappa shape index (κ2) is 8.04. The van der Waals surface area contributed by atoms with Crippen LogP contribution in [0.25, 0.3) is 0 Å². The minimum absolute atomic E-state index is 0.0528. The molecular weight excluding hydrogens is 351 g/mol. The summed E-state index contributed by atoms with van der Waals surface area (Å²) in [6.07, 6.45) is 2.25. The van der Waals surface area contributed by atoms with Crippen molar-refractivity contribution < 1.29 is 13.9 Å². The van der Waals surface area contributed by atoms with Gasteiger partial charge in [-0.1, -0.05) is 6.07 Å². The standard InChI is InChI=1S/C16H22BrFN2O2/c1-22-11-16(5-8-19-9-6-16)15(21)20-7-4-12-2-3-14(18)13(17)10-12/h2-3,10,19H,4-9,11H2,1H3,(H,20,21). The van der Waals surface area contributed by atoms with E-state index in [0.29, 0.717) is 24.0 Å². The number of amides is 1. The molecule has 0 unspecified atom stereocenters. The smallest absolute Gasteiger partial charge is 0.228 e. The molecule has 0 saturated carbocycles. The molecule has 1 aromatic rings. The number of piperidine rings is 1. The van der Waals surface area contributed by atoms with Crippen molar-refractivity contribution in [3.8, 4) is 0 Å². The van der Waals surface area contributed by atoms with Crippen molar-refractivity contribution in [2.75, 3.05) is 33.4 Å². The van der Waals surface area contributed by atoms with E-state index in [0.717, 1.165) is 31.5 Å². The van der Waals surface area contributed by atoms with Gasteiger partial charge >= 0.3 is 0 Å². The van der Waals surface area contributed by atoms with Gasteiger partial charge in [0.2, 0.25) is 5.91 Å². The first-order valence-corrected chi connectivity index (χ1v) is 8.28. The van der Waals surface area contributed by atoms with E-state index in [4.69, 9.17) is 4.74 Å². The molecule has 1 heterocycles. The van der Waals surface area contributed by atoms with Crippen molar-refractivity contribution >= 4 is 21.8 Å². The van der Waals surface area contributed by atoms with Gasteiger partial charge in [-0.25, -0.2) is 4.39 Å². The number of halogens is 2. The summed E-state index contributed by atoms with van der Waals surface area (Å²) in [5, 5.41) is 6.27. The Bertz CT molecular complexity index is 513. The first kappa shape index (κ1) is 17.4. The van der Waals surface area contributed by atoms with Gasteiger partial charge in [0.1, 0.15) is 5.82 Å². The minimum atomic E-state index is -0.427. The molecule has 1 aromatic carbocycles. The fraction of sp³-hybridized carbons (Fsp3) is 0.562. The lowest BCUT2D eigenvalue weighted by molar-refractivity contribution is -0.136. The molecule has 6 heteroatoms. The lowest BCUT2D eigenvalue weighted by atomic mass is 9.78. The number of nitrogens with one attached hydrogen (secondary N) is 2. The number of carbonyl (C=O) groups excluding carboxylic acids is 1. The average Bonchev–Trinajstić information content (AvgIpc) is 2.52. The summed E-state index contributed by atoms with van der Waals surface area (Å²) in [5.74, 6) is -0.224. The molecule has 1 saturated heterocycles. The Labute approximate surface area is 138 Å². The predicted octanol–water partition coefficient (Wildman–Crippen LogP) is 2.26. The second-order valence-electron chi connectivity index (χ2n) is 5.72. The fourth-order valence-electron chi connectivity index (χ4n) is 2.82. The molecule has 1 aliphatic heterocycles. The molecule has 22 heavy (non-hydrogen) atoms. The Morgan fingerprint density at radius 1 is 1.45 bits per heavy atom. The van der Waals surface area contributed by atoms with Crippen LogP contribution in [0, 0.1) is 11.2 Å². The van der Waals surface area contributed by atoms with Crippen LogP contribution in [0.2, 0.25) is 0 Å². The van der Waals surface area contributed by atoms with Crippen molar-refractivity contribution in [3.63, 3.8) is 0 Å². The highest BCUT2D eigenvalue weighted by Gasteiger charge is 2.39. The molecule has 1 aliphatic rings. The summed E-state index contributed by atoms with van der Waals surface area (Å²) in [6, 6.07) is 4.92. The third kappa shape index (κ3) is 4.27. The Morgan fingerprint density at radius 2 is 2.18 bits per heavy atom. The van der Waals surface area contributed by atoms with E-state index in [9.17, 15) is 9.18 Å². The van der Waals surface area contributed by atoms with Gasteiger partial charge in [0.15, 0.2) is 0 Å². The normalized spacial score (nSPS) is 17.2. The third-order valence-corrected chi connectivity index (χ3v) is 4.75. The summed E-state index contributed by atoms with van der Waals surface area (Å²) in [7, 11) is 1.63. The van der Waals surface area contributed by atoms with Gasteiger partial charge in [-0.05, 0) is 66.0 Å².